The first-order valence-corrected chi connectivity index (χ1v) is 7.43. The predicted molar refractivity (Wildman–Crippen MR) is 68.1 cm³/mol. The summed E-state index contributed by atoms with van der Waals surface area (Å²) in [4.78, 5) is 6.47. The quantitative estimate of drug-likeness (QED) is 0.866. The Labute approximate surface area is 101 Å². The lowest BCUT2D eigenvalue weighted by Crippen LogP contribution is -2.25. The summed E-state index contributed by atoms with van der Waals surface area (Å²) in [6.07, 6.45) is 7.84. The molecule has 0 spiro atoms. The van der Waals surface area contributed by atoms with E-state index in [1.807, 2.05) is 11.3 Å². The molecule has 2 aliphatic carbocycles. The molecule has 1 heterocycles. The molecule has 1 aromatic rings. The van der Waals surface area contributed by atoms with Crippen molar-refractivity contribution in [3.05, 3.63) is 15.6 Å². The maximum absolute atomic E-state index is 4.90. The van der Waals surface area contributed by atoms with Crippen LogP contribution in [0, 0.1) is 0 Å². The number of aromatic nitrogens is 1. The molecule has 0 amide bonds. The third-order valence-corrected chi connectivity index (χ3v) is 4.83. The Bertz CT molecular complexity index is 368. The second-order valence-electron chi connectivity index (χ2n) is 5.03. The lowest BCUT2D eigenvalue weighted by molar-refractivity contribution is 0.453. The average molecular weight is 236 g/mol. The van der Waals surface area contributed by atoms with Gasteiger partial charge in [-0.15, -0.1) is 11.3 Å². The molecule has 0 radical (unpaired) electrons. The molecule has 1 saturated carbocycles. The first-order chi connectivity index (χ1) is 7.88. The summed E-state index contributed by atoms with van der Waals surface area (Å²) in [5.74, 6) is 0.822. The number of fused-ring (bicyclic) bond motifs is 1. The molecule has 2 nitrogen and oxygen atoms in total. The molecule has 0 aromatic carbocycles. The Hall–Kier alpha value is -0.410. The summed E-state index contributed by atoms with van der Waals surface area (Å²) in [6, 6.07) is 0.549. The van der Waals surface area contributed by atoms with Gasteiger partial charge in [-0.05, 0) is 45.1 Å². The molecular weight excluding hydrogens is 216 g/mol. The van der Waals surface area contributed by atoms with Crippen molar-refractivity contribution in [3.8, 4) is 0 Å². The summed E-state index contributed by atoms with van der Waals surface area (Å²) in [5, 5.41) is 5.07. The normalized spacial score (nSPS) is 24.4. The van der Waals surface area contributed by atoms with E-state index in [1.165, 1.54) is 49.2 Å². The second-order valence-corrected chi connectivity index (χ2v) is 6.15. The smallest absolute Gasteiger partial charge is 0.0962 e. The molecule has 3 rings (SSSR count). The van der Waals surface area contributed by atoms with Gasteiger partial charge in [0.2, 0.25) is 0 Å². The van der Waals surface area contributed by atoms with E-state index in [0.29, 0.717) is 6.04 Å². The molecule has 1 atom stereocenters. The van der Waals surface area contributed by atoms with Gasteiger partial charge in [0, 0.05) is 10.8 Å². The van der Waals surface area contributed by atoms with Gasteiger partial charge in [0.15, 0.2) is 0 Å². The molecule has 0 saturated heterocycles. The van der Waals surface area contributed by atoms with Crippen molar-refractivity contribution >= 4 is 11.3 Å². The van der Waals surface area contributed by atoms with Gasteiger partial charge in [0.1, 0.15) is 0 Å². The zero-order valence-corrected chi connectivity index (χ0v) is 10.8. The Morgan fingerprint density at radius 1 is 1.38 bits per heavy atom. The first kappa shape index (κ1) is 10.7. The van der Waals surface area contributed by atoms with Gasteiger partial charge in [-0.2, -0.15) is 0 Å². The third kappa shape index (κ3) is 2.03. The Balaban J connectivity index is 1.80. The Kier molecular flexibility index (Phi) is 2.99. The predicted octanol–water partition coefficient (Wildman–Crippen LogP) is 3.40. The van der Waals surface area contributed by atoms with Crippen LogP contribution in [0.2, 0.25) is 0 Å². The van der Waals surface area contributed by atoms with Gasteiger partial charge in [-0.1, -0.05) is 6.92 Å². The maximum Gasteiger partial charge on any atom is 0.0962 e. The highest BCUT2D eigenvalue weighted by Gasteiger charge is 2.31. The zero-order valence-electron chi connectivity index (χ0n) is 9.96. The molecule has 2 aliphatic rings. The molecule has 16 heavy (non-hydrogen) atoms. The van der Waals surface area contributed by atoms with Crippen LogP contribution in [0.4, 0.5) is 0 Å². The topological polar surface area (TPSA) is 24.9 Å². The minimum atomic E-state index is 0.549. The molecule has 0 aliphatic heterocycles. The lowest BCUT2D eigenvalue weighted by atomic mass is 9.97. The van der Waals surface area contributed by atoms with Crippen LogP contribution in [0.5, 0.6) is 0 Å². The van der Waals surface area contributed by atoms with Crippen LogP contribution in [-0.2, 0) is 6.42 Å². The van der Waals surface area contributed by atoms with Crippen LogP contribution < -0.4 is 5.32 Å². The molecule has 1 fully saturated rings. The minimum absolute atomic E-state index is 0.549. The van der Waals surface area contributed by atoms with E-state index in [1.54, 1.807) is 4.88 Å². The van der Waals surface area contributed by atoms with Crippen molar-refractivity contribution in [3.63, 3.8) is 0 Å². The summed E-state index contributed by atoms with van der Waals surface area (Å²) in [6.45, 7) is 3.35. The fourth-order valence-corrected chi connectivity index (χ4v) is 3.80. The van der Waals surface area contributed by atoms with E-state index in [-0.39, 0.29) is 0 Å². The fraction of sp³-hybridized carbons (Fsp3) is 0.769. The maximum atomic E-state index is 4.90. The number of nitrogens with zero attached hydrogens (tertiary/aromatic N) is 1. The van der Waals surface area contributed by atoms with Crippen LogP contribution in [0.3, 0.4) is 0 Å². The van der Waals surface area contributed by atoms with E-state index in [0.717, 1.165) is 12.5 Å². The van der Waals surface area contributed by atoms with Gasteiger partial charge in [-0.3, -0.25) is 0 Å². The number of hydrogen-bond donors (Lipinski definition) is 1. The molecule has 1 N–H and O–H groups in total. The summed E-state index contributed by atoms with van der Waals surface area (Å²) >= 11 is 1.99. The van der Waals surface area contributed by atoms with E-state index in [2.05, 4.69) is 12.2 Å². The monoisotopic (exact) mass is 236 g/mol. The number of nitrogens with one attached hydrogen (secondary N) is 1. The minimum Gasteiger partial charge on any atom is -0.309 e. The molecule has 88 valence electrons. The Morgan fingerprint density at radius 2 is 2.25 bits per heavy atom. The van der Waals surface area contributed by atoms with Crippen molar-refractivity contribution in [2.45, 2.75) is 57.4 Å². The highest BCUT2D eigenvalue weighted by Crippen LogP contribution is 2.45. The van der Waals surface area contributed by atoms with E-state index < -0.39 is 0 Å². The molecule has 3 heteroatoms. The molecule has 0 bridgehead atoms. The Morgan fingerprint density at radius 3 is 3.00 bits per heavy atom. The van der Waals surface area contributed by atoms with E-state index >= 15 is 0 Å². The van der Waals surface area contributed by atoms with Crippen LogP contribution in [0.1, 0.15) is 66.6 Å². The SMILES string of the molecule is CCCNC1CCCc2sc(C3CC3)nc21. The fourth-order valence-electron chi connectivity index (χ4n) is 2.46. The van der Waals surface area contributed by atoms with Gasteiger partial charge >= 0.3 is 0 Å². The van der Waals surface area contributed by atoms with Crippen molar-refractivity contribution in [1.29, 1.82) is 0 Å². The lowest BCUT2D eigenvalue weighted by Gasteiger charge is -2.22. The average Bonchev–Trinajstić information content (AvgIpc) is 3.06. The van der Waals surface area contributed by atoms with Gasteiger partial charge in [-0.25, -0.2) is 4.98 Å². The third-order valence-electron chi connectivity index (χ3n) is 3.54. The standard InChI is InChI=1S/C13H20N2S/c1-2-8-14-10-4-3-5-11-12(10)15-13(16-11)9-6-7-9/h9-10,14H,2-8H2,1H3. The van der Waals surface area contributed by atoms with Gasteiger partial charge in [0.25, 0.3) is 0 Å². The summed E-state index contributed by atoms with van der Waals surface area (Å²) in [5.41, 5.74) is 1.40. The largest absolute Gasteiger partial charge is 0.309 e. The highest BCUT2D eigenvalue weighted by atomic mass is 32.1. The molecule has 1 aromatic heterocycles. The van der Waals surface area contributed by atoms with Crippen molar-refractivity contribution in [2.24, 2.45) is 0 Å². The first-order valence-electron chi connectivity index (χ1n) is 6.61. The summed E-state index contributed by atoms with van der Waals surface area (Å²) in [7, 11) is 0. The number of rotatable bonds is 4. The van der Waals surface area contributed by atoms with Crippen LogP contribution in [0.15, 0.2) is 0 Å². The zero-order chi connectivity index (χ0) is 11.0. The van der Waals surface area contributed by atoms with Crippen molar-refractivity contribution < 1.29 is 0 Å². The highest BCUT2D eigenvalue weighted by molar-refractivity contribution is 7.11. The van der Waals surface area contributed by atoms with Crippen LogP contribution in [-0.4, -0.2) is 11.5 Å². The van der Waals surface area contributed by atoms with Crippen LogP contribution in [0.25, 0.3) is 0 Å². The van der Waals surface area contributed by atoms with Crippen molar-refractivity contribution in [1.82, 2.24) is 10.3 Å². The van der Waals surface area contributed by atoms with Gasteiger partial charge in [0.05, 0.1) is 16.7 Å². The number of hydrogen-bond acceptors (Lipinski definition) is 3. The van der Waals surface area contributed by atoms with Crippen molar-refractivity contribution in [2.75, 3.05) is 6.54 Å². The molecular formula is C13H20N2S. The van der Waals surface area contributed by atoms with Crippen LogP contribution >= 0.6 is 11.3 Å². The van der Waals surface area contributed by atoms with E-state index in [9.17, 15) is 0 Å². The van der Waals surface area contributed by atoms with Gasteiger partial charge < -0.3 is 5.32 Å². The summed E-state index contributed by atoms with van der Waals surface area (Å²) < 4.78 is 0. The second kappa shape index (κ2) is 4.46. The van der Waals surface area contributed by atoms with E-state index in [4.69, 9.17) is 4.98 Å². The number of aryl methyl sites for hydroxylation is 1. The number of thiazole rings is 1. The molecule has 1 unspecified atom stereocenters.